The van der Waals surface area contributed by atoms with E-state index in [4.69, 9.17) is 4.74 Å². The second-order valence-corrected chi connectivity index (χ2v) is 3.54. The molecule has 4 heteroatoms. The molecule has 0 aliphatic heterocycles. The minimum atomic E-state index is -0.591. The molecule has 2 aromatic rings. The summed E-state index contributed by atoms with van der Waals surface area (Å²) < 4.78 is 31.4. The molecule has 2 aromatic carbocycles. The zero-order valence-electron chi connectivity index (χ0n) is 9.08. The van der Waals surface area contributed by atoms with Crippen LogP contribution in [0.25, 0.3) is 11.1 Å². The lowest BCUT2D eigenvalue weighted by Gasteiger charge is -2.09. The van der Waals surface area contributed by atoms with Crippen LogP contribution in [0.1, 0.15) is 0 Å². The predicted octanol–water partition coefficient (Wildman–Crippen LogP) is 3.35. The Labute approximate surface area is 97.1 Å². The molecule has 0 fully saturated rings. The summed E-state index contributed by atoms with van der Waals surface area (Å²) in [5, 5.41) is 9.31. The molecule has 0 heterocycles. The van der Waals surface area contributed by atoms with E-state index in [1.165, 1.54) is 37.4 Å². The smallest absolute Gasteiger partial charge is 0.127 e. The van der Waals surface area contributed by atoms with E-state index in [0.29, 0.717) is 16.9 Å². The lowest BCUT2D eigenvalue weighted by atomic mass is 10.0. The first-order valence-electron chi connectivity index (χ1n) is 4.93. The molecular formula is C13H10F2O2. The maximum atomic E-state index is 13.2. The van der Waals surface area contributed by atoms with Gasteiger partial charge in [-0.1, -0.05) is 0 Å². The summed E-state index contributed by atoms with van der Waals surface area (Å²) >= 11 is 0. The molecule has 17 heavy (non-hydrogen) atoms. The van der Waals surface area contributed by atoms with Crippen LogP contribution < -0.4 is 4.74 Å². The molecule has 0 aromatic heterocycles. The first kappa shape index (κ1) is 11.4. The lowest BCUT2D eigenvalue weighted by molar-refractivity contribution is 0.415. The van der Waals surface area contributed by atoms with Crippen molar-refractivity contribution in [1.82, 2.24) is 0 Å². The van der Waals surface area contributed by atoms with E-state index in [2.05, 4.69) is 0 Å². The van der Waals surface area contributed by atoms with Gasteiger partial charge < -0.3 is 9.84 Å². The fourth-order valence-corrected chi connectivity index (χ4v) is 1.64. The number of aromatic hydroxyl groups is 1. The Morgan fingerprint density at radius 3 is 2.41 bits per heavy atom. The number of halogens is 2. The molecule has 0 amide bonds. The van der Waals surface area contributed by atoms with Crippen molar-refractivity contribution in [3.05, 3.63) is 48.0 Å². The molecule has 2 rings (SSSR count). The van der Waals surface area contributed by atoms with E-state index in [0.717, 1.165) is 6.07 Å². The van der Waals surface area contributed by atoms with Crippen LogP contribution in [-0.2, 0) is 0 Å². The van der Waals surface area contributed by atoms with Gasteiger partial charge >= 0.3 is 0 Å². The third-order valence-electron chi connectivity index (χ3n) is 2.36. The van der Waals surface area contributed by atoms with Crippen molar-refractivity contribution in [2.75, 3.05) is 7.11 Å². The van der Waals surface area contributed by atoms with Gasteiger partial charge in [-0.05, 0) is 35.9 Å². The van der Waals surface area contributed by atoms with Gasteiger partial charge in [0, 0.05) is 11.6 Å². The SMILES string of the molecule is COc1ccc(F)cc1-c1cc(O)cc(F)c1. The van der Waals surface area contributed by atoms with Crippen molar-refractivity contribution in [3.8, 4) is 22.6 Å². The van der Waals surface area contributed by atoms with E-state index in [9.17, 15) is 13.9 Å². The van der Waals surface area contributed by atoms with Crippen LogP contribution in [0.3, 0.4) is 0 Å². The summed E-state index contributed by atoms with van der Waals surface area (Å²) in [6.07, 6.45) is 0. The van der Waals surface area contributed by atoms with Crippen LogP contribution in [-0.4, -0.2) is 12.2 Å². The van der Waals surface area contributed by atoms with Gasteiger partial charge in [0.15, 0.2) is 0 Å². The largest absolute Gasteiger partial charge is 0.508 e. The lowest BCUT2D eigenvalue weighted by Crippen LogP contribution is -1.90. The van der Waals surface area contributed by atoms with Crippen molar-refractivity contribution in [1.29, 1.82) is 0 Å². The fourth-order valence-electron chi connectivity index (χ4n) is 1.64. The molecule has 1 N–H and O–H groups in total. The number of hydrogen-bond acceptors (Lipinski definition) is 2. The standard InChI is InChI=1S/C13H10F2O2/c1-17-13-3-2-9(14)7-12(13)8-4-10(15)6-11(16)5-8/h2-7,16H,1H3. The number of methoxy groups -OCH3 is 1. The second kappa shape index (κ2) is 4.41. The van der Waals surface area contributed by atoms with Crippen LogP contribution >= 0.6 is 0 Å². The molecule has 0 radical (unpaired) electrons. The van der Waals surface area contributed by atoms with Gasteiger partial charge in [-0.15, -0.1) is 0 Å². The van der Waals surface area contributed by atoms with E-state index >= 15 is 0 Å². The van der Waals surface area contributed by atoms with Gasteiger partial charge in [-0.2, -0.15) is 0 Å². The highest BCUT2D eigenvalue weighted by molar-refractivity contribution is 5.71. The van der Waals surface area contributed by atoms with Crippen molar-refractivity contribution in [2.45, 2.75) is 0 Å². The Morgan fingerprint density at radius 2 is 1.76 bits per heavy atom. The normalized spacial score (nSPS) is 10.3. The van der Waals surface area contributed by atoms with Gasteiger partial charge in [0.05, 0.1) is 7.11 Å². The summed E-state index contributed by atoms with van der Waals surface area (Å²) in [6, 6.07) is 7.47. The van der Waals surface area contributed by atoms with Crippen LogP contribution in [0.15, 0.2) is 36.4 Å². The molecule has 0 bridgehead atoms. The maximum Gasteiger partial charge on any atom is 0.127 e. The molecule has 0 saturated carbocycles. The molecule has 0 spiro atoms. The van der Waals surface area contributed by atoms with E-state index in [1.807, 2.05) is 0 Å². The Morgan fingerprint density at radius 1 is 1.00 bits per heavy atom. The van der Waals surface area contributed by atoms with Gasteiger partial charge in [-0.3, -0.25) is 0 Å². The minimum Gasteiger partial charge on any atom is -0.508 e. The number of phenolic OH excluding ortho intramolecular Hbond substituents is 1. The molecule has 0 atom stereocenters. The van der Waals surface area contributed by atoms with Crippen LogP contribution in [0.4, 0.5) is 8.78 Å². The minimum absolute atomic E-state index is 0.216. The molecular weight excluding hydrogens is 226 g/mol. The molecule has 0 aliphatic rings. The van der Waals surface area contributed by atoms with Crippen LogP contribution in [0, 0.1) is 11.6 Å². The maximum absolute atomic E-state index is 13.2. The fraction of sp³-hybridized carbons (Fsp3) is 0.0769. The van der Waals surface area contributed by atoms with Gasteiger partial charge in [0.1, 0.15) is 23.1 Å². The molecule has 0 saturated heterocycles. The van der Waals surface area contributed by atoms with E-state index in [-0.39, 0.29) is 5.75 Å². The van der Waals surface area contributed by atoms with Crippen molar-refractivity contribution >= 4 is 0 Å². The second-order valence-electron chi connectivity index (χ2n) is 3.54. The molecule has 88 valence electrons. The average Bonchev–Trinajstić information content (AvgIpc) is 2.27. The number of benzene rings is 2. The zero-order chi connectivity index (χ0) is 12.4. The molecule has 0 unspecified atom stereocenters. The van der Waals surface area contributed by atoms with Crippen LogP contribution in [0.2, 0.25) is 0 Å². The highest BCUT2D eigenvalue weighted by Crippen LogP contribution is 2.32. The van der Waals surface area contributed by atoms with E-state index in [1.54, 1.807) is 0 Å². The Hall–Kier alpha value is -2.10. The van der Waals surface area contributed by atoms with Gasteiger partial charge in [-0.25, -0.2) is 8.78 Å². The first-order valence-corrected chi connectivity index (χ1v) is 4.93. The summed E-state index contributed by atoms with van der Waals surface area (Å²) in [4.78, 5) is 0. The van der Waals surface area contributed by atoms with Crippen LogP contribution in [0.5, 0.6) is 11.5 Å². The summed E-state index contributed by atoms with van der Waals surface area (Å²) in [6.45, 7) is 0. The summed E-state index contributed by atoms with van der Waals surface area (Å²) in [5.74, 6) is -0.849. The zero-order valence-corrected chi connectivity index (χ0v) is 9.08. The van der Waals surface area contributed by atoms with E-state index < -0.39 is 11.6 Å². The monoisotopic (exact) mass is 236 g/mol. The number of rotatable bonds is 2. The predicted molar refractivity (Wildman–Crippen MR) is 60.0 cm³/mol. The Kier molecular flexibility index (Phi) is 2.95. The highest BCUT2D eigenvalue weighted by Gasteiger charge is 2.09. The third kappa shape index (κ3) is 2.36. The van der Waals surface area contributed by atoms with Gasteiger partial charge in [0.2, 0.25) is 0 Å². The first-order chi connectivity index (χ1) is 8.10. The van der Waals surface area contributed by atoms with Crippen molar-refractivity contribution in [2.24, 2.45) is 0 Å². The van der Waals surface area contributed by atoms with Gasteiger partial charge in [0.25, 0.3) is 0 Å². The Bertz CT molecular complexity index is 533. The van der Waals surface area contributed by atoms with Crippen molar-refractivity contribution < 1.29 is 18.6 Å². The molecule has 0 aliphatic carbocycles. The highest BCUT2D eigenvalue weighted by atomic mass is 19.1. The quantitative estimate of drug-likeness (QED) is 0.866. The topological polar surface area (TPSA) is 29.5 Å². The summed E-state index contributed by atoms with van der Waals surface area (Å²) in [7, 11) is 1.44. The Balaban J connectivity index is 2.62. The number of ether oxygens (including phenoxy) is 1. The third-order valence-corrected chi connectivity index (χ3v) is 2.36. The summed E-state index contributed by atoms with van der Waals surface area (Å²) in [5.41, 5.74) is 0.751. The molecule has 2 nitrogen and oxygen atoms in total. The van der Waals surface area contributed by atoms with Crippen molar-refractivity contribution in [3.63, 3.8) is 0 Å². The average molecular weight is 236 g/mol. The number of hydrogen-bond donors (Lipinski definition) is 1. The number of phenols is 1.